The lowest BCUT2D eigenvalue weighted by Gasteiger charge is -2.27. The zero-order valence-corrected chi connectivity index (χ0v) is 9.02. The molecule has 0 radical (unpaired) electrons. The number of hydrogen-bond acceptors (Lipinski definition) is 2. The fourth-order valence-electron chi connectivity index (χ4n) is 1.81. The van der Waals surface area contributed by atoms with Crippen LogP contribution in [0.15, 0.2) is 12.1 Å². The monoisotopic (exact) mass is 231 g/mol. The maximum atomic E-state index is 9.82. The normalized spacial score (nSPS) is 26.0. The molecule has 14 heavy (non-hydrogen) atoms. The summed E-state index contributed by atoms with van der Waals surface area (Å²) in [5.74, 6) is 0. The van der Waals surface area contributed by atoms with E-state index in [0.717, 1.165) is 24.0 Å². The molecule has 0 heterocycles. The van der Waals surface area contributed by atoms with Crippen LogP contribution in [0.1, 0.15) is 23.7 Å². The van der Waals surface area contributed by atoms with E-state index < -0.39 is 6.10 Å². The summed E-state index contributed by atoms with van der Waals surface area (Å²) in [7, 11) is 0. The van der Waals surface area contributed by atoms with Crippen LogP contribution in [0, 0.1) is 0 Å². The van der Waals surface area contributed by atoms with Gasteiger partial charge in [-0.15, -0.1) is 0 Å². The molecule has 0 saturated carbocycles. The van der Waals surface area contributed by atoms with Crippen LogP contribution in [-0.2, 0) is 6.42 Å². The van der Waals surface area contributed by atoms with Gasteiger partial charge in [-0.2, -0.15) is 0 Å². The Kier molecular flexibility index (Phi) is 2.71. The number of halogens is 2. The van der Waals surface area contributed by atoms with Gasteiger partial charge >= 0.3 is 0 Å². The van der Waals surface area contributed by atoms with Crippen molar-refractivity contribution in [2.24, 2.45) is 5.73 Å². The highest BCUT2D eigenvalue weighted by atomic mass is 35.5. The molecule has 0 amide bonds. The molecule has 0 aliphatic heterocycles. The largest absolute Gasteiger partial charge is 0.387 e. The van der Waals surface area contributed by atoms with Crippen molar-refractivity contribution in [3.8, 4) is 0 Å². The number of aryl methyl sites for hydroxylation is 1. The van der Waals surface area contributed by atoms with E-state index in [2.05, 4.69) is 0 Å². The lowest BCUT2D eigenvalue weighted by molar-refractivity contribution is 0.134. The summed E-state index contributed by atoms with van der Waals surface area (Å²) in [5.41, 5.74) is 7.62. The van der Waals surface area contributed by atoms with Crippen LogP contribution in [0.3, 0.4) is 0 Å². The smallest absolute Gasteiger partial charge is 0.0944 e. The second kappa shape index (κ2) is 3.70. The highest BCUT2D eigenvalue weighted by molar-refractivity contribution is 6.42. The number of rotatable bonds is 0. The number of aliphatic hydroxyl groups excluding tert-OH is 1. The number of hydrogen-bond donors (Lipinski definition) is 2. The molecule has 1 aliphatic rings. The molecule has 2 rings (SSSR count). The Morgan fingerprint density at radius 3 is 2.64 bits per heavy atom. The van der Waals surface area contributed by atoms with Crippen molar-refractivity contribution in [1.82, 2.24) is 0 Å². The molecule has 0 spiro atoms. The fraction of sp³-hybridized carbons (Fsp3) is 0.400. The van der Waals surface area contributed by atoms with E-state index in [1.54, 1.807) is 6.07 Å². The standard InChI is InChI=1S/C10H11Cl2NO/c11-7-3-5-1-2-9(13)10(14)6(5)4-8(7)12/h3-4,9-10,14H,1-2,13H2/t9-,10-/m1/s1. The van der Waals surface area contributed by atoms with Gasteiger partial charge in [-0.25, -0.2) is 0 Å². The molecule has 76 valence electrons. The Balaban J connectivity index is 2.50. The molecule has 0 fully saturated rings. The number of nitrogens with two attached hydrogens (primary N) is 1. The van der Waals surface area contributed by atoms with E-state index in [4.69, 9.17) is 28.9 Å². The topological polar surface area (TPSA) is 46.2 Å². The van der Waals surface area contributed by atoms with Gasteiger partial charge in [0.1, 0.15) is 0 Å². The minimum absolute atomic E-state index is 0.195. The van der Waals surface area contributed by atoms with Crippen molar-refractivity contribution in [3.05, 3.63) is 33.3 Å². The zero-order chi connectivity index (χ0) is 10.3. The van der Waals surface area contributed by atoms with E-state index in [1.165, 1.54) is 0 Å². The SMILES string of the molecule is N[C@@H]1CCc2cc(Cl)c(Cl)cc2[C@H]1O. The molecule has 3 N–H and O–H groups in total. The third-order valence-corrected chi connectivity index (χ3v) is 3.38. The van der Waals surface area contributed by atoms with E-state index >= 15 is 0 Å². The molecule has 1 aliphatic carbocycles. The molecular formula is C10H11Cl2NO. The van der Waals surface area contributed by atoms with Gasteiger partial charge in [0.25, 0.3) is 0 Å². The molecule has 0 saturated heterocycles. The molecular weight excluding hydrogens is 221 g/mol. The van der Waals surface area contributed by atoms with Gasteiger partial charge in [0.2, 0.25) is 0 Å². The molecule has 4 heteroatoms. The molecule has 0 bridgehead atoms. The average molecular weight is 232 g/mol. The van der Waals surface area contributed by atoms with Crippen molar-refractivity contribution < 1.29 is 5.11 Å². The fourth-order valence-corrected chi connectivity index (χ4v) is 2.16. The summed E-state index contributed by atoms with van der Waals surface area (Å²) in [6.07, 6.45) is 1.02. The molecule has 0 unspecified atom stereocenters. The third kappa shape index (κ3) is 1.63. The van der Waals surface area contributed by atoms with Gasteiger partial charge < -0.3 is 10.8 Å². The van der Waals surface area contributed by atoms with Gasteiger partial charge in [0, 0.05) is 6.04 Å². The summed E-state index contributed by atoms with van der Waals surface area (Å²) >= 11 is 11.8. The summed E-state index contributed by atoms with van der Waals surface area (Å²) in [5, 5.41) is 10.8. The van der Waals surface area contributed by atoms with Crippen molar-refractivity contribution in [2.45, 2.75) is 25.0 Å². The lowest BCUT2D eigenvalue weighted by Crippen LogP contribution is -2.32. The van der Waals surface area contributed by atoms with Gasteiger partial charge in [0.15, 0.2) is 0 Å². The summed E-state index contributed by atoms with van der Waals surface area (Å²) in [6, 6.07) is 3.33. The van der Waals surface area contributed by atoms with Crippen LogP contribution in [0.2, 0.25) is 10.0 Å². The third-order valence-electron chi connectivity index (χ3n) is 2.65. The first kappa shape index (κ1) is 10.2. The predicted molar refractivity (Wildman–Crippen MR) is 57.7 cm³/mol. The Morgan fingerprint density at radius 2 is 1.93 bits per heavy atom. The van der Waals surface area contributed by atoms with Crippen molar-refractivity contribution in [3.63, 3.8) is 0 Å². The summed E-state index contributed by atoms with van der Waals surface area (Å²) in [4.78, 5) is 0. The van der Waals surface area contributed by atoms with Crippen molar-refractivity contribution in [2.75, 3.05) is 0 Å². The number of benzene rings is 1. The molecule has 1 aromatic carbocycles. The van der Waals surface area contributed by atoms with Crippen LogP contribution in [-0.4, -0.2) is 11.1 Å². The summed E-state index contributed by atoms with van der Waals surface area (Å²) < 4.78 is 0. The second-order valence-corrected chi connectivity index (χ2v) is 4.43. The first-order valence-electron chi connectivity index (χ1n) is 4.51. The molecule has 2 atom stereocenters. The Bertz CT molecular complexity index is 367. The summed E-state index contributed by atoms with van der Waals surface area (Å²) in [6.45, 7) is 0. The Morgan fingerprint density at radius 1 is 1.29 bits per heavy atom. The van der Waals surface area contributed by atoms with Crippen LogP contribution >= 0.6 is 23.2 Å². The minimum atomic E-state index is -0.617. The zero-order valence-electron chi connectivity index (χ0n) is 7.50. The van der Waals surface area contributed by atoms with E-state index in [0.29, 0.717) is 10.0 Å². The molecule has 2 nitrogen and oxygen atoms in total. The van der Waals surface area contributed by atoms with Crippen molar-refractivity contribution in [1.29, 1.82) is 0 Å². The minimum Gasteiger partial charge on any atom is -0.387 e. The average Bonchev–Trinajstić information content (AvgIpc) is 2.15. The maximum absolute atomic E-state index is 9.82. The lowest BCUT2D eigenvalue weighted by atomic mass is 9.86. The highest BCUT2D eigenvalue weighted by Gasteiger charge is 2.25. The Labute approximate surface area is 92.6 Å². The van der Waals surface area contributed by atoms with Crippen LogP contribution in [0.5, 0.6) is 0 Å². The van der Waals surface area contributed by atoms with Gasteiger partial charge in [0.05, 0.1) is 16.1 Å². The van der Waals surface area contributed by atoms with Gasteiger partial charge in [-0.1, -0.05) is 23.2 Å². The quantitative estimate of drug-likeness (QED) is 0.720. The highest BCUT2D eigenvalue weighted by Crippen LogP contribution is 2.34. The second-order valence-electron chi connectivity index (χ2n) is 3.61. The van der Waals surface area contributed by atoms with E-state index in [-0.39, 0.29) is 6.04 Å². The van der Waals surface area contributed by atoms with Gasteiger partial charge in [-0.3, -0.25) is 0 Å². The molecule has 1 aromatic rings. The number of fused-ring (bicyclic) bond motifs is 1. The first-order chi connectivity index (χ1) is 6.59. The van der Waals surface area contributed by atoms with Crippen LogP contribution < -0.4 is 5.73 Å². The molecule has 0 aromatic heterocycles. The van der Waals surface area contributed by atoms with Crippen LogP contribution in [0.4, 0.5) is 0 Å². The van der Waals surface area contributed by atoms with Gasteiger partial charge in [-0.05, 0) is 36.1 Å². The number of aliphatic hydroxyl groups is 1. The van der Waals surface area contributed by atoms with E-state index in [9.17, 15) is 5.11 Å². The van der Waals surface area contributed by atoms with Crippen LogP contribution in [0.25, 0.3) is 0 Å². The first-order valence-corrected chi connectivity index (χ1v) is 5.26. The van der Waals surface area contributed by atoms with E-state index in [1.807, 2.05) is 6.07 Å². The van der Waals surface area contributed by atoms with Crippen molar-refractivity contribution >= 4 is 23.2 Å². The maximum Gasteiger partial charge on any atom is 0.0944 e. The predicted octanol–water partition coefficient (Wildman–Crippen LogP) is 2.30. The Hall–Kier alpha value is -0.280.